The first kappa shape index (κ1) is 21.4. The van der Waals surface area contributed by atoms with E-state index in [0.29, 0.717) is 18.6 Å². The predicted molar refractivity (Wildman–Crippen MR) is 124 cm³/mol. The van der Waals surface area contributed by atoms with Gasteiger partial charge in [0.1, 0.15) is 25.1 Å². The Bertz CT molecular complexity index is 1170. The molecule has 1 aliphatic carbocycles. The summed E-state index contributed by atoms with van der Waals surface area (Å²) >= 11 is 0. The van der Waals surface area contributed by atoms with Gasteiger partial charge in [-0.1, -0.05) is 54.3 Å². The first-order valence-electron chi connectivity index (χ1n) is 10.5. The first-order valence-corrected chi connectivity index (χ1v) is 12.1. The number of ether oxygens (including phenoxy) is 2. The average molecular weight is 435 g/mol. The number of hydrogen-bond acceptors (Lipinski definition) is 5. The lowest BCUT2D eigenvalue weighted by molar-refractivity contribution is 0.294. The number of benzene rings is 2. The highest BCUT2D eigenvalue weighted by Crippen LogP contribution is 2.38. The van der Waals surface area contributed by atoms with Crippen LogP contribution in [0.3, 0.4) is 0 Å². The van der Waals surface area contributed by atoms with E-state index in [0.717, 1.165) is 28.6 Å². The molecule has 0 bridgehead atoms. The van der Waals surface area contributed by atoms with Crippen LogP contribution in [-0.2, 0) is 16.4 Å². The van der Waals surface area contributed by atoms with E-state index in [4.69, 9.17) is 9.47 Å². The quantitative estimate of drug-likeness (QED) is 0.530. The average Bonchev–Trinajstić information content (AvgIpc) is 2.68. The molecule has 1 aromatic heterocycles. The third kappa shape index (κ3) is 4.61. The van der Waals surface area contributed by atoms with Crippen LogP contribution in [0.15, 0.2) is 59.6 Å². The molecule has 0 unspecified atom stereocenters. The molecule has 0 saturated heterocycles. The van der Waals surface area contributed by atoms with Crippen LogP contribution in [0, 0.1) is 13.8 Å². The molecule has 31 heavy (non-hydrogen) atoms. The summed E-state index contributed by atoms with van der Waals surface area (Å²) in [6, 6.07) is 15.2. The Morgan fingerprint density at radius 3 is 2.35 bits per heavy atom. The van der Waals surface area contributed by atoms with Crippen molar-refractivity contribution in [2.24, 2.45) is 0 Å². The molecule has 0 radical (unpaired) electrons. The molecule has 1 saturated carbocycles. The molecule has 4 rings (SSSR count). The maximum atomic E-state index is 13.3. The maximum Gasteiger partial charge on any atom is 0.220 e. The summed E-state index contributed by atoms with van der Waals surface area (Å²) in [5.74, 6) is 1.21. The zero-order valence-electron chi connectivity index (χ0n) is 18.1. The Morgan fingerprint density at radius 1 is 1.06 bits per heavy atom. The molecule has 2 aromatic carbocycles. The van der Waals surface area contributed by atoms with Crippen molar-refractivity contribution in [2.45, 2.75) is 49.9 Å². The molecule has 1 aliphatic rings. The van der Waals surface area contributed by atoms with Crippen molar-refractivity contribution < 1.29 is 17.9 Å². The Morgan fingerprint density at radius 2 is 1.74 bits per heavy atom. The van der Waals surface area contributed by atoms with Gasteiger partial charge >= 0.3 is 0 Å². The zero-order chi connectivity index (χ0) is 22.0. The second kappa shape index (κ2) is 8.75. The molecule has 160 valence electrons. The number of nitrogens with zero attached hydrogens (tertiary/aromatic N) is 1. The molecule has 0 aliphatic heterocycles. The number of sulfone groups is 1. The summed E-state index contributed by atoms with van der Waals surface area (Å²) in [6.45, 7) is 4.21. The van der Waals surface area contributed by atoms with Crippen molar-refractivity contribution in [2.75, 3.05) is 0 Å². The highest BCUT2D eigenvalue weighted by atomic mass is 32.2. The van der Waals surface area contributed by atoms with E-state index in [-0.39, 0.29) is 28.4 Å². The van der Waals surface area contributed by atoms with Gasteiger partial charge in [-0.05, 0) is 43.4 Å². The number of aromatic nitrogens is 1. The number of pyridine rings is 1. The highest BCUT2D eigenvalue weighted by molar-refractivity contribution is 7.92. The smallest absolute Gasteiger partial charge is 0.220 e. The highest BCUT2D eigenvalue weighted by Gasteiger charge is 2.35. The maximum absolute atomic E-state index is 13.3. The van der Waals surface area contributed by atoms with Gasteiger partial charge in [-0.2, -0.15) is 0 Å². The van der Waals surface area contributed by atoms with E-state index in [1.807, 2.05) is 64.2 Å². The van der Waals surface area contributed by atoms with Crippen molar-refractivity contribution in [3.8, 4) is 17.4 Å². The van der Waals surface area contributed by atoms with Gasteiger partial charge in [0.2, 0.25) is 5.88 Å². The predicted octanol–water partition coefficient (Wildman–Crippen LogP) is 3.65. The minimum atomic E-state index is -3.52. The van der Waals surface area contributed by atoms with Crippen LogP contribution >= 0.6 is 0 Å². The Balaban J connectivity index is 1.68. The Labute approximate surface area is 184 Å². The van der Waals surface area contributed by atoms with Gasteiger partial charge in [-0.15, -0.1) is 0 Å². The van der Waals surface area contributed by atoms with E-state index in [2.05, 4.69) is 4.98 Å². The van der Waals surface area contributed by atoms with Crippen molar-refractivity contribution in [1.82, 2.24) is 4.98 Å². The lowest BCUT2D eigenvalue weighted by Gasteiger charge is -2.26. The largest absolute Gasteiger partial charge is 0.486 e. The molecule has 3 aromatic rings. The summed E-state index contributed by atoms with van der Waals surface area (Å²) in [5, 5.41) is -0.371. The van der Waals surface area contributed by atoms with E-state index >= 15 is 0 Å². The Kier molecular flexibility index (Phi) is 6.05. The standard InChI is InChI=1S/C24H26BNO4S/c1-16-11-19(25)12-17(2)24(16)30-23-13-22(31(27,28)20-9-6-10-20)21(14-26-23)29-15-18-7-4-3-5-8-18/h3-5,7-8,11-14,20H,6,9-10,15,25H2,1-2H3. The van der Waals surface area contributed by atoms with E-state index in [9.17, 15) is 8.42 Å². The summed E-state index contributed by atoms with van der Waals surface area (Å²) in [7, 11) is -1.49. The van der Waals surface area contributed by atoms with E-state index < -0.39 is 9.84 Å². The normalized spacial score (nSPS) is 14.1. The van der Waals surface area contributed by atoms with Gasteiger partial charge in [-0.25, -0.2) is 13.4 Å². The van der Waals surface area contributed by atoms with Crippen LogP contribution in [0.4, 0.5) is 0 Å². The van der Waals surface area contributed by atoms with Gasteiger partial charge in [-0.3, -0.25) is 0 Å². The molecule has 1 fully saturated rings. The number of hydrogen-bond donors (Lipinski definition) is 0. The topological polar surface area (TPSA) is 65.5 Å². The SMILES string of the molecule is Bc1cc(C)c(Oc2cc(S(=O)(=O)C3CCC3)c(OCc3ccccc3)cn2)c(C)c1. The van der Waals surface area contributed by atoms with Crippen LogP contribution in [0.2, 0.25) is 0 Å². The van der Waals surface area contributed by atoms with Gasteiger partial charge in [0.05, 0.1) is 11.4 Å². The van der Waals surface area contributed by atoms with E-state index in [1.165, 1.54) is 12.3 Å². The Hall–Kier alpha value is -2.80. The fraction of sp³-hybridized carbons (Fsp3) is 0.292. The second-order valence-corrected chi connectivity index (χ2v) is 10.4. The summed E-state index contributed by atoms with van der Waals surface area (Å²) in [5.41, 5.74) is 4.06. The van der Waals surface area contributed by atoms with Crippen LogP contribution < -0.4 is 14.9 Å². The second-order valence-electron chi connectivity index (χ2n) is 8.17. The minimum Gasteiger partial charge on any atom is -0.486 e. The molecular formula is C24H26BNO4S. The third-order valence-corrected chi connectivity index (χ3v) is 7.93. The van der Waals surface area contributed by atoms with Gasteiger partial charge in [0.15, 0.2) is 15.6 Å². The number of rotatable bonds is 7. The van der Waals surface area contributed by atoms with Gasteiger partial charge < -0.3 is 9.47 Å². The zero-order valence-corrected chi connectivity index (χ0v) is 18.9. The monoisotopic (exact) mass is 435 g/mol. The fourth-order valence-corrected chi connectivity index (χ4v) is 5.79. The molecule has 1 heterocycles. The summed E-state index contributed by atoms with van der Waals surface area (Å²) in [6.07, 6.45) is 3.74. The van der Waals surface area contributed by atoms with Crippen molar-refractivity contribution in [3.05, 3.63) is 71.4 Å². The van der Waals surface area contributed by atoms with E-state index in [1.54, 1.807) is 0 Å². The minimum absolute atomic E-state index is 0.153. The molecule has 5 nitrogen and oxygen atoms in total. The van der Waals surface area contributed by atoms with Crippen LogP contribution in [-0.4, -0.2) is 26.5 Å². The van der Waals surface area contributed by atoms with Gasteiger partial charge in [0, 0.05) is 6.07 Å². The molecule has 0 spiro atoms. The van der Waals surface area contributed by atoms with Crippen LogP contribution in [0.5, 0.6) is 17.4 Å². The summed E-state index contributed by atoms with van der Waals surface area (Å²) < 4.78 is 38.5. The molecule has 0 amide bonds. The molecule has 7 heteroatoms. The summed E-state index contributed by atoms with van der Waals surface area (Å²) in [4.78, 5) is 4.51. The lowest BCUT2D eigenvalue weighted by atomic mass is 9.92. The lowest BCUT2D eigenvalue weighted by Crippen LogP contribution is -2.28. The van der Waals surface area contributed by atoms with Crippen LogP contribution in [0.25, 0.3) is 0 Å². The van der Waals surface area contributed by atoms with Crippen molar-refractivity contribution >= 4 is 23.1 Å². The third-order valence-electron chi connectivity index (χ3n) is 5.65. The first-order chi connectivity index (χ1) is 14.8. The number of aryl methyl sites for hydroxylation is 2. The molecule has 0 atom stereocenters. The van der Waals surface area contributed by atoms with Crippen LogP contribution in [0.1, 0.15) is 36.0 Å². The molecular weight excluding hydrogens is 409 g/mol. The fourth-order valence-electron chi connectivity index (χ4n) is 3.82. The van der Waals surface area contributed by atoms with Crippen molar-refractivity contribution in [1.29, 1.82) is 0 Å². The van der Waals surface area contributed by atoms with Crippen molar-refractivity contribution in [3.63, 3.8) is 0 Å². The van der Waals surface area contributed by atoms with Gasteiger partial charge in [0.25, 0.3) is 0 Å². The molecule has 0 N–H and O–H groups in total.